The Bertz CT molecular complexity index is 1780. The van der Waals surface area contributed by atoms with E-state index in [-0.39, 0.29) is 10.5 Å². The molecule has 1 aromatic heterocycles. The fourth-order valence-corrected chi connectivity index (χ4v) is 6.47. The number of aryl methyl sites for hydroxylation is 1. The minimum atomic E-state index is -3.91. The molecule has 0 spiro atoms. The average Bonchev–Trinajstić information content (AvgIpc) is 2.93. The van der Waals surface area contributed by atoms with Crippen molar-refractivity contribution in [2.24, 2.45) is 0 Å². The van der Waals surface area contributed by atoms with Crippen LogP contribution in [0.1, 0.15) is 44.1 Å². The molecule has 1 heterocycles. The van der Waals surface area contributed by atoms with Crippen molar-refractivity contribution in [3.8, 4) is 5.69 Å². The van der Waals surface area contributed by atoms with E-state index in [0.717, 1.165) is 22.8 Å². The Morgan fingerprint density at radius 1 is 0.895 bits per heavy atom. The van der Waals surface area contributed by atoms with Crippen LogP contribution in [0.3, 0.4) is 0 Å². The molecule has 5 aromatic rings. The molecule has 4 aromatic carbocycles. The van der Waals surface area contributed by atoms with E-state index in [4.69, 9.17) is 4.98 Å². The van der Waals surface area contributed by atoms with Crippen LogP contribution in [0.15, 0.2) is 101 Å². The van der Waals surface area contributed by atoms with E-state index < -0.39 is 16.1 Å². The van der Waals surface area contributed by atoms with Gasteiger partial charge in [-0.3, -0.25) is 9.36 Å². The van der Waals surface area contributed by atoms with Crippen molar-refractivity contribution in [2.45, 2.75) is 44.6 Å². The van der Waals surface area contributed by atoms with E-state index in [1.165, 1.54) is 4.31 Å². The van der Waals surface area contributed by atoms with Crippen LogP contribution in [-0.4, -0.2) is 28.8 Å². The zero-order chi connectivity index (χ0) is 26.9. The number of sulfonamides is 1. The predicted octanol–water partition coefficient (Wildman–Crippen LogP) is 6.40. The molecule has 5 rings (SSSR count). The summed E-state index contributed by atoms with van der Waals surface area (Å²) in [6.07, 6.45) is 1.51. The molecule has 0 saturated carbocycles. The largest absolute Gasteiger partial charge is 0.268 e. The summed E-state index contributed by atoms with van der Waals surface area (Å²) in [5.41, 5.74) is 2.04. The fourth-order valence-electron chi connectivity index (χ4n) is 4.80. The molecule has 38 heavy (non-hydrogen) atoms. The number of aromatic nitrogens is 2. The molecule has 0 saturated heterocycles. The molecular weight excluding hydrogens is 494 g/mol. The predicted molar refractivity (Wildman–Crippen MR) is 153 cm³/mol. The van der Waals surface area contributed by atoms with Crippen molar-refractivity contribution < 1.29 is 8.42 Å². The summed E-state index contributed by atoms with van der Waals surface area (Å²) in [6.45, 7) is 6.14. The molecule has 0 amide bonds. The maximum atomic E-state index is 14.1. The molecule has 7 heteroatoms. The highest BCUT2D eigenvalue weighted by Gasteiger charge is 2.33. The quantitative estimate of drug-likeness (QED) is 0.235. The molecule has 0 N–H and O–H groups in total. The highest BCUT2D eigenvalue weighted by molar-refractivity contribution is 7.89. The first-order valence-electron chi connectivity index (χ1n) is 12.9. The molecule has 0 fully saturated rings. The lowest BCUT2D eigenvalue weighted by molar-refractivity contribution is 0.322. The van der Waals surface area contributed by atoms with Crippen LogP contribution in [0.5, 0.6) is 0 Å². The van der Waals surface area contributed by atoms with Gasteiger partial charge in [-0.25, -0.2) is 13.4 Å². The van der Waals surface area contributed by atoms with E-state index in [0.29, 0.717) is 35.4 Å². The van der Waals surface area contributed by atoms with Gasteiger partial charge in [0.2, 0.25) is 10.0 Å². The third kappa shape index (κ3) is 4.75. The summed E-state index contributed by atoms with van der Waals surface area (Å²) >= 11 is 0. The van der Waals surface area contributed by atoms with Crippen molar-refractivity contribution in [3.63, 3.8) is 0 Å². The summed E-state index contributed by atoms with van der Waals surface area (Å²) in [4.78, 5) is 18.9. The maximum absolute atomic E-state index is 14.1. The number of benzene rings is 4. The monoisotopic (exact) mass is 525 g/mol. The third-order valence-electron chi connectivity index (χ3n) is 6.96. The molecule has 0 aliphatic rings. The number of rotatable bonds is 8. The van der Waals surface area contributed by atoms with Gasteiger partial charge >= 0.3 is 0 Å². The Morgan fingerprint density at radius 3 is 2.32 bits per heavy atom. The standard InChI is InChI=1S/C31H31N3O3S/c1-4-5-20-33(38(36,37)27-19-16-24-10-6-7-11-25(24)21-27)23(3)30-32-29-13-9-8-12-28(29)31(35)34(30)26-17-14-22(2)15-18-26/h6-19,21,23H,4-5,20H2,1-3H3. The van der Waals surface area contributed by atoms with Gasteiger partial charge in [-0.2, -0.15) is 4.31 Å². The normalized spacial score (nSPS) is 12.8. The van der Waals surface area contributed by atoms with E-state index in [1.807, 2.05) is 87.5 Å². The average molecular weight is 526 g/mol. The number of nitrogens with zero attached hydrogens (tertiary/aromatic N) is 3. The molecule has 6 nitrogen and oxygen atoms in total. The van der Waals surface area contributed by atoms with Crippen LogP contribution in [0, 0.1) is 6.92 Å². The van der Waals surface area contributed by atoms with Crippen molar-refractivity contribution >= 4 is 31.7 Å². The molecule has 1 unspecified atom stereocenters. The maximum Gasteiger partial charge on any atom is 0.266 e. The Kier molecular flexibility index (Phi) is 7.15. The number of hydrogen-bond acceptors (Lipinski definition) is 4. The van der Waals surface area contributed by atoms with Crippen LogP contribution in [0.25, 0.3) is 27.4 Å². The van der Waals surface area contributed by atoms with E-state index in [2.05, 4.69) is 0 Å². The van der Waals surface area contributed by atoms with E-state index in [1.54, 1.807) is 28.8 Å². The molecule has 1 atom stereocenters. The van der Waals surface area contributed by atoms with Crippen LogP contribution in [0.2, 0.25) is 0 Å². The molecule has 0 aliphatic heterocycles. The first kappa shape index (κ1) is 25.8. The Labute approximate surface area is 223 Å². The highest BCUT2D eigenvalue weighted by atomic mass is 32.2. The molecule has 0 aliphatic carbocycles. The third-order valence-corrected chi connectivity index (χ3v) is 8.92. The smallest absolute Gasteiger partial charge is 0.266 e. The summed E-state index contributed by atoms with van der Waals surface area (Å²) < 4.78 is 31.3. The van der Waals surface area contributed by atoms with Crippen molar-refractivity contribution in [3.05, 3.63) is 113 Å². The number of unbranched alkanes of at least 4 members (excludes halogenated alkanes) is 1. The Hall–Kier alpha value is -3.81. The lowest BCUT2D eigenvalue weighted by Crippen LogP contribution is -2.38. The lowest BCUT2D eigenvalue weighted by atomic mass is 10.1. The summed E-state index contributed by atoms with van der Waals surface area (Å²) in [5, 5.41) is 2.32. The van der Waals surface area contributed by atoms with Crippen molar-refractivity contribution in [1.82, 2.24) is 13.9 Å². The van der Waals surface area contributed by atoms with Crippen molar-refractivity contribution in [2.75, 3.05) is 6.54 Å². The van der Waals surface area contributed by atoms with Crippen LogP contribution in [-0.2, 0) is 10.0 Å². The van der Waals surface area contributed by atoms with Gasteiger partial charge in [0.15, 0.2) is 0 Å². The summed E-state index contributed by atoms with van der Waals surface area (Å²) in [6, 6.07) is 27.0. The minimum Gasteiger partial charge on any atom is -0.268 e. The highest BCUT2D eigenvalue weighted by Crippen LogP contribution is 2.30. The van der Waals surface area contributed by atoms with Gasteiger partial charge in [-0.15, -0.1) is 0 Å². The molecule has 194 valence electrons. The van der Waals surface area contributed by atoms with Gasteiger partial charge < -0.3 is 0 Å². The van der Waals surface area contributed by atoms with Crippen LogP contribution < -0.4 is 5.56 Å². The summed E-state index contributed by atoms with van der Waals surface area (Å²) in [5.74, 6) is 0.387. The second kappa shape index (κ2) is 10.5. The molecule has 0 bridgehead atoms. The number of para-hydroxylation sites is 1. The Morgan fingerprint density at radius 2 is 1.58 bits per heavy atom. The second-order valence-electron chi connectivity index (χ2n) is 9.62. The van der Waals surface area contributed by atoms with Crippen molar-refractivity contribution in [1.29, 1.82) is 0 Å². The number of fused-ring (bicyclic) bond motifs is 2. The number of hydrogen-bond donors (Lipinski definition) is 0. The van der Waals surface area contributed by atoms with Gasteiger partial charge in [-0.1, -0.05) is 73.5 Å². The minimum absolute atomic E-state index is 0.222. The van der Waals surface area contributed by atoms with E-state index >= 15 is 0 Å². The van der Waals surface area contributed by atoms with Gasteiger partial charge in [0.25, 0.3) is 5.56 Å². The zero-order valence-corrected chi connectivity index (χ0v) is 22.7. The van der Waals surface area contributed by atoms with Gasteiger partial charge in [0, 0.05) is 6.54 Å². The van der Waals surface area contributed by atoms with Crippen LogP contribution >= 0.6 is 0 Å². The first-order chi connectivity index (χ1) is 18.3. The topological polar surface area (TPSA) is 72.3 Å². The zero-order valence-electron chi connectivity index (χ0n) is 21.8. The second-order valence-corrected chi connectivity index (χ2v) is 11.5. The fraction of sp³-hybridized carbons (Fsp3) is 0.226. The summed E-state index contributed by atoms with van der Waals surface area (Å²) in [7, 11) is -3.91. The lowest BCUT2D eigenvalue weighted by Gasteiger charge is -2.30. The van der Waals surface area contributed by atoms with Gasteiger partial charge in [0.1, 0.15) is 5.82 Å². The van der Waals surface area contributed by atoms with Gasteiger partial charge in [0.05, 0.1) is 27.5 Å². The molecular formula is C31H31N3O3S. The van der Waals surface area contributed by atoms with Gasteiger partial charge in [-0.05, 0) is 67.4 Å². The SMILES string of the molecule is CCCCN(C(C)c1nc2ccccc2c(=O)n1-c1ccc(C)cc1)S(=O)(=O)c1ccc2ccccc2c1. The van der Waals surface area contributed by atoms with Crippen LogP contribution in [0.4, 0.5) is 0 Å². The Balaban J connectivity index is 1.70. The first-order valence-corrected chi connectivity index (χ1v) is 14.3. The van der Waals surface area contributed by atoms with E-state index in [9.17, 15) is 13.2 Å². The molecule has 0 radical (unpaired) electrons.